The molecule has 5 nitrogen and oxygen atoms in total. The second kappa shape index (κ2) is 6.27. The smallest absolute Gasteiger partial charge is 0.231 e. The van der Waals surface area contributed by atoms with Crippen LogP contribution in [0.1, 0.15) is 22.2 Å². The minimum absolute atomic E-state index is 0.127. The number of carbonyl (C=O) groups excluding carboxylic acids is 2. The van der Waals surface area contributed by atoms with Gasteiger partial charge >= 0.3 is 0 Å². The van der Waals surface area contributed by atoms with E-state index in [1.165, 1.54) is 16.9 Å². The van der Waals surface area contributed by atoms with Crippen molar-refractivity contribution >= 4 is 23.0 Å². The molecule has 2 heterocycles. The van der Waals surface area contributed by atoms with Crippen molar-refractivity contribution < 1.29 is 9.59 Å². The van der Waals surface area contributed by atoms with Crippen LogP contribution in [-0.2, 0) is 11.3 Å². The molecular weight excluding hydrogens is 262 g/mol. The fourth-order valence-corrected chi connectivity index (χ4v) is 3.03. The van der Waals surface area contributed by atoms with Gasteiger partial charge in [0, 0.05) is 32.7 Å². The number of hydrogen-bond acceptors (Lipinski definition) is 5. The van der Waals surface area contributed by atoms with Crippen molar-refractivity contribution in [2.45, 2.75) is 13.5 Å². The van der Waals surface area contributed by atoms with Gasteiger partial charge in [0.1, 0.15) is 0 Å². The molecule has 0 saturated carbocycles. The quantitative estimate of drug-likeness (QED) is 0.801. The predicted molar refractivity (Wildman–Crippen MR) is 75.2 cm³/mol. The zero-order valence-electron chi connectivity index (χ0n) is 11.1. The third-order valence-corrected chi connectivity index (χ3v) is 4.33. The van der Waals surface area contributed by atoms with Gasteiger partial charge in [-0.15, -0.1) is 11.3 Å². The van der Waals surface area contributed by atoms with Crippen LogP contribution in [0.25, 0.3) is 0 Å². The summed E-state index contributed by atoms with van der Waals surface area (Å²) in [5, 5.41) is 2.05. The van der Waals surface area contributed by atoms with E-state index in [0.717, 1.165) is 37.6 Å². The van der Waals surface area contributed by atoms with Crippen molar-refractivity contribution in [2.75, 3.05) is 32.7 Å². The lowest BCUT2D eigenvalue weighted by molar-refractivity contribution is -0.119. The van der Waals surface area contributed by atoms with Gasteiger partial charge in [0.25, 0.3) is 0 Å². The highest BCUT2D eigenvalue weighted by atomic mass is 32.1. The topological polar surface area (TPSA) is 66.6 Å². The number of primary amides is 1. The van der Waals surface area contributed by atoms with Gasteiger partial charge < -0.3 is 5.73 Å². The lowest BCUT2D eigenvalue weighted by Crippen LogP contribution is -2.48. The molecule has 0 aliphatic carbocycles. The monoisotopic (exact) mass is 281 g/mol. The lowest BCUT2D eigenvalue weighted by Gasteiger charge is -2.33. The third kappa shape index (κ3) is 4.12. The van der Waals surface area contributed by atoms with Gasteiger partial charge in [-0.3, -0.25) is 19.4 Å². The molecule has 2 rings (SSSR count). The van der Waals surface area contributed by atoms with Gasteiger partial charge in [-0.25, -0.2) is 0 Å². The minimum Gasteiger partial charge on any atom is -0.369 e. The average molecular weight is 281 g/mol. The number of carbonyl (C=O) groups is 2. The Morgan fingerprint density at radius 2 is 1.89 bits per heavy atom. The van der Waals surface area contributed by atoms with Crippen molar-refractivity contribution in [3.63, 3.8) is 0 Å². The Morgan fingerprint density at radius 3 is 2.42 bits per heavy atom. The number of thiophene rings is 1. The first kappa shape index (κ1) is 14.2. The molecule has 1 fully saturated rings. The molecule has 6 heteroatoms. The first-order valence-electron chi connectivity index (χ1n) is 6.36. The van der Waals surface area contributed by atoms with E-state index in [1.807, 2.05) is 11.4 Å². The summed E-state index contributed by atoms with van der Waals surface area (Å²) >= 11 is 1.51. The van der Waals surface area contributed by atoms with Gasteiger partial charge in [0.2, 0.25) is 5.91 Å². The first-order chi connectivity index (χ1) is 9.04. The van der Waals surface area contributed by atoms with Crippen LogP contribution >= 0.6 is 11.3 Å². The maximum atomic E-state index is 11.2. The normalized spacial score (nSPS) is 17.5. The standard InChI is InChI=1S/C13H19N3O2S/c1-10(17)12-6-11(9-19-12)7-15-2-4-16(5-3-15)8-13(14)18/h6,9H,2-5,7-8H2,1H3,(H2,14,18). The van der Waals surface area contributed by atoms with Crippen LogP contribution in [-0.4, -0.2) is 54.2 Å². The Labute approximate surface area is 117 Å². The fourth-order valence-electron chi connectivity index (χ4n) is 2.23. The molecule has 0 radical (unpaired) electrons. The summed E-state index contributed by atoms with van der Waals surface area (Å²) in [5.74, 6) is -0.139. The van der Waals surface area contributed by atoms with Crippen LogP contribution in [0.3, 0.4) is 0 Å². The Bertz CT molecular complexity index is 464. The van der Waals surface area contributed by atoms with Crippen molar-refractivity contribution in [3.8, 4) is 0 Å². The molecule has 0 atom stereocenters. The SMILES string of the molecule is CC(=O)c1cc(CN2CCN(CC(N)=O)CC2)cs1. The average Bonchev–Trinajstić information content (AvgIpc) is 2.80. The van der Waals surface area contributed by atoms with E-state index in [4.69, 9.17) is 5.73 Å². The summed E-state index contributed by atoms with van der Waals surface area (Å²) in [7, 11) is 0. The van der Waals surface area contributed by atoms with E-state index < -0.39 is 0 Å². The van der Waals surface area contributed by atoms with Crippen molar-refractivity contribution in [3.05, 3.63) is 21.9 Å². The van der Waals surface area contributed by atoms with Crippen LogP contribution in [0, 0.1) is 0 Å². The Hall–Kier alpha value is -1.24. The highest BCUT2D eigenvalue weighted by Gasteiger charge is 2.18. The van der Waals surface area contributed by atoms with E-state index in [1.54, 1.807) is 6.92 Å². The predicted octanol–water partition coefficient (Wildman–Crippen LogP) is 0.554. The van der Waals surface area contributed by atoms with Crippen molar-refractivity contribution in [1.82, 2.24) is 9.80 Å². The molecule has 104 valence electrons. The summed E-state index contributed by atoms with van der Waals surface area (Å²) in [4.78, 5) is 27.3. The molecule has 1 amide bonds. The lowest BCUT2D eigenvalue weighted by atomic mass is 10.2. The molecule has 1 aromatic rings. The summed E-state index contributed by atoms with van der Waals surface area (Å²) in [6.45, 7) is 6.41. The summed E-state index contributed by atoms with van der Waals surface area (Å²) in [6, 6.07) is 1.97. The number of piperazine rings is 1. The second-order valence-electron chi connectivity index (χ2n) is 4.89. The Kier molecular flexibility index (Phi) is 4.68. The van der Waals surface area contributed by atoms with Crippen molar-refractivity contribution in [1.29, 1.82) is 0 Å². The molecule has 0 bridgehead atoms. The van der Waals surface area contributed by atoms with Crippen LogP contribution in [0.2, 0.25) is 0 Å². The van der Waals surface area contributed by atoms with Crippen LogP contribution < -0.4 is 5.73 Å². The number of nitrogens with zero attached hydrogens (tertiary/aromatic N) is 2. The summed E-state index contributed by atoms with van der Waals surface area (Å²) in [5.41, 5.74) is 6.38. The molecular formula is C13H19N3O2S. The summed E-state index contributed by atoms with van der Waals surface area (Å²) in [6.07, 6.45) is 0. The van der Waals surface area contributed by atoms with Gasteiger partial charge in [0.05, 0.1) is 11.4 Å². The maximum absolute atomic E-state index is 11.2. The number of nitrogens with two attached hydrogens (primary N) is 1. The fraction of sp³-hybridized carbons (Fsp3) is 0.538. The molecule has 2 N–H and O–H groups in total. The van der Waals surface area contributed by atoms with Gasteiger partial charge in [-0.05, 0) is 23.9 Å². The molecule has 1 aliphatic heterocycles. The van der Waals surface area contributed by atoms with E-state index >= 15 is 0 Å². The molecule has 1 saturated heterocycles. The van der Waals surface area contributed by atoms with Gasteiger partial charge in [-0.1, -0.05) is 0 Å². The van der Waals surface area contributed by atoms with Crippen molar-refractivity contribution in [2.24, 2.45) is 5.73 Å². The molecule has 1 aromatic heterocycles. The maximum Gasteiger partial charge on any atom is 0.231 e. The number of rotatable bonds is 5. The van der Waals surface area contributed by atoms with E-state index in [9.17, 15) is 9.59 Å². The molecule has 19 heavy (non-hydrogen) atoms. The van der Waals surface area contributed by atoms with Crippen LogP contribution in [0.15, 0.2) is 11.4 Å². The zero-order valence-corrected chi connectivity index (χ0v) is 11.9. The Balaban J connectivity index is 1.81. The largest absolute Gasteiger partial charge is 0.369 e. The van der Waals surface area contributed by atoms with E-state index in [0.29, 0.717) is 6.54 Å². The molecule has 0 aromatic carbocycles. The zero-order chi connectivity index (χ0) is 13.8. The molecule has 0 unspecified atom stereocenters. The Morgan fingerprint density at radius 1 is 1.26 bits per heavy atom. The molecule has 0 spiro atoms. The van der Waals surface area contributed by atoms with Crippen LogP contribution in [0.5, 0.6) is 0 Å². The first-order valence-corrected chi connectivity index (χ1v) is 7.24. The third-order valence-electron chi connectivity index (χ3n) is 3.25. The molecule has 1 aliphatic rings. The number of ketones is 1. The number of hydrogen-bond donors (Lipinski definition) is 1. The van der Waals surface area contributed by atoms with E-state index in [2.05, 4.69) is 9.80 Å². The highest BCUT2D eigenvalue weighted by molar-refractivity contribution is 7.12. The van der Waals surface area contributed by atoms with Gasteiger partial charge in [0.15, 0.2) is 5.78 Å². The second-order valence-corrected chi connectivity index (χ2v) is 5.81. The van der Waals surface area contributed by atoms with Gasteiger partial charge in [-0.2, -0.15) is 0 Å². The minimum atomic E-state index is -0.266. The van der Waals surface area contributed by atoms with E-state index in [-0.39, 0.29) is 11.7 Å². The summed E-state index contributed by atoms with van der Waals surface area (Å²) < 4.78 is 0. The van der Waals surface area contributed by atoms with Crippen LogP contribution in [0.4, 0.5) is 0 Å². The highest BCUT2D eigenvalue weighted by Crippen LogP contribution is 2.17. The number of Topliss-reactive ketones (excluding diaryl/α,β-unsaturated/α-hetero) is 1. The number of amides is 1.